The van der Waals surface area contributed by atoms with Crippen molar-refractivity contribution in [2.24, 2.45) is 5.92 Å². The van der Waals surface area contributed by atoms with Crippen LogP contribution in [0.5, 0.6) is 11.5 Å². The van der Waals surface area contributed by atoms with Gasteiger partial charge >= 0.3 is 6.03 Å². The fourth-order valence-corrected chi connectivity index (χ4v) is 3.26. The lowest BCUT2D eigenvalue weighted by atomic mass is 9.95. The predicted octanol–water partition coefficient (Wildman–Crippen LogP) is 4.70. The summed E-state index contributed by atoms with van der Waals surface area (Å²) in [5, 5.41) is 3.12. The molecule has 1 heterocycles. The third kappa shape index (κ3) is 4.38. The summed E-state index contributed by atoms with van der Waals surface area (Å²) in [6.45, 7) is 7.10. The zero-order valence-corrected chi connectivity index (χ0v) is 16.7. The number of ether oxygens (including phenoxy) is 2. The summed E-state index contributed by atoms with van der Waals surface area (Å²) in [4.78, 5) is 14.5. The summed E-state index contributed by atoms with van der Waals surface area (Å²) in [5.74, 6) is 1.32. The lowest BCUT2D eigenvalue weighted by Crippen LogP contribution is -2.42. The van der Waals surface area contributed by atoms with Gasteiger partial charge in [-0.1, -0.05) is 32.0 Å². The molecule has 0 fully saturated rings. The van der Waals surface area contributed by atoms with E-state index in [-0.39, 0.29) is 29.8 Å². The third-order valence-corrected chi connectivity index (χ3v) is 5.12. The second-order valence-electron chi connectivity index (χ2n) is 7.41. The smallest absolute Gasteiger partial charge is 0.318 e. The van der Waals surface area contributed by atoms with Crippen LogP contribution in [0, 0.1) is 11.7 Å². The van der Waals surface area contributed by atoms with Gasteiger partial charge in [-0.2, -0.15) is 0 Å². The molecule has 0 spiro atoms. The number of urea groups is 1. The molecule has 6 heteroatoms. The number of rotatable bonds is 5. The highest BCUT2D eigenvalue weighted by Gasteiger charge is 2.25. The van der Waals surface area contributed by atoms with Crippen molar-refractivity contribution in [1.29, 1.82) is 0 Å². The van der Waals surface area contributed by atoms with Crippen LogP contribution in [0.3, 0.4) is 0 Å². The fraction of sp³-hybridized carbons (Fsp3) is 0.409. The van der Waals surface area contributed by atoms with Gasteiger partial charge in [-0.05, 0) is 48.2 Å². The summed E-state index contributed by atoms with van der Waals surface area (Å²) >= 11 is 0. The van der Waals surface area contributed by atoms with Crippen LogP contribution < -0.4 is 14.8 Å². The van der Waals surface area contributed by atoms with Crippen LogP contribution in [0.25, 0.3) is 0 Å². The van der Waals surface area contributed by atoms with Gasteiger partial charge in [0, 0.05) is 7.05 Å². The molecule has 0 aromatic heterocycles. The van der Waals surface area contributed by atoms with Crippen LogP contribution in [0.4, 0.5) is 9.18 Å². The maximum absolute atomic E-state index is 13.2. The number of hydrogen-bond acceptors (Lipinski definition) is 3. The molecule has 150 valence electrons. The Kier molecular flexibility index (Phi) is 6.07. The van der Waals surface area contributed by atoms with E-state index in [4.69, 9.17) is 9.47 Å². The molecule has 28 heavy (non-hydrogen) atoms. The quantitative estimate of drug-likeness (QED) is 0.811. The average molecular weight is 386 g/mol. The molecule has 0 radical (unpaired) electrons. The van der Waals surface area contributed by atoms with E-state index >= 15 is 0 Å². The second-order valence-corrected chi connectivity index (χ2v) is 7.41. The molecular formula is C22H27FN2O3. The summed E-state index contributed by atoms with van der Waals surface area (Å²) in [6.07, 6.45) is 0. The Balaban J connectivity index is 1.74. The van der Waals surface area contributed by atoms with Gasteiger partial charge in [0.05, 0.1) is 12.1 Å². The van der Waals surface area contributed by atoms with Crippen molar-refractivity contribution >= 4 is 6.03 Å². The van der Waals surface area contributed by atoms with E-state index in [9.17, 15) is 9.18 Å². The van der Waals surface area contributed by atoms with Gasteiger partial charge < -0.3 is 19.7 Å². The monoisotopic (exact) mass is 386 g/mol. The number of hydrogen-bond donors (Lipinski definition) is 1. The van der Waals surface area contributed by atoms with Crippen LogP contribution in [-0.4, -0.2) is 31.2 Å². The van der Waals surface area contributed by atoms with Gasteiger partial charge in [0.2, 0.25) is 0 Å². The van der Waals surface area contributed by atoms with Crippen molar-refractivity contribution in [2.45, 2.75) is 32.9 Å². The zero-order chi connectivity index (χ0) is 20.3. The first-order chi connectivity index (χ1) is 13.4. The Bertz CT molecular complexity index is 823. The van der Waals surface area contributed by atoms with Gasteiger partial charge in [-0.3, -0.25) is 0 Å². The minimum absolute atomic E-state index is 0.175. The molecular weight excluding hydrogens is 359 g/mol. The van der Waals surface area contributed by atoms with Crippen molar-refractivity contribution < 1.29 is 18.7 Å². The standard InChI is InChI=1S/C22H27FN2O3/c1-14(2)21(17-7-10-19-20(13-17)28-12-11-27-19)24-22(26)25(4)15(3)16-5-8-18(23)9-6-16/h5-10,13-15,21H,11-12H2,1-4H3,(H,24,26)/t15-,21+/m1/s1. The van der Waals surface area contributed by atoms with Crippen LogP contribution in [-0.2, 0) is 0 Å². The first kappa shape index (κ1) is 20.0. The first-order valence-electron chi connectivity index (χ1n) is 9.55. The molecule has 2 atom stereocenters. The minimum atomic E-state index is -0.290. The van der Waals surface area contributed by atoms with Gasteiger partial charge in [-0.25, -0.2) is 9.18 Å². The molecule has 0 saturated carbocycles. The lowest BCUT2D eigenvalue weighted by Gasteiger charge is -2.30. The molecule has 3 rings (SSSR count). The Morgan fingerprint density at radius 2 is 1.61 bits per heavy atom. The molecule has 1 N–H and O–H groups in total. The van der Waals surface area contributed by atoms with Crippen molar-refractivity contribution in [3.8, 4) is 11.5 Å². The predicted molar refractivity (Wildman–Crippen MR) is 106 cm³/mol. The largest absolute Gasteiger partial charge is 0.486 e. The van der Waals surface area contributed by atoms with Gasteiger partial charge in [0.25, 0.3) is 0 Å². The van der Waals surface area contributed by atoms with E-state index < -0.39 is 0 Å². The van der Waals surface area contributed by atoms with Crippen molar-refractivity contribution in [3.63, 3.8) is 0 Å². The van der Waals surface area contributed by atoms with Crippen LogP contribution >= 0.6 is 0 Å². The first-order valence-corrected chi connectivity index (χ1v) is 9.55. The normalized spacial score (nSPS) is 15.1. The molecule has 2 amide bonds. The van der Waals surface area contributed by atoms with E-state index in [2.05, 4.69) is 19.2 Å². The number of nitrogens with one attached hydrogen (secondary N) is 1. The van der Waals surface area contributed by atoms with Crippen molar-refractivity contribution in [2.75, 3.05) is 20.3 Å². The van der Waals surface area contributed by atoms with Crippen LogP contribution in [0.15, 0.2) is 42.5 Å². The van der Waals surface area contributed by atoms with E-state index in [1.54, 1.807) is 24.1 Å². The number of carbonyl (C=O) groups is 1. The highest BCUT2D eigenvalue weighted by Crippen LogP contribution is 2.34. The minimum Gasteiger partial charge on any atom is -0.486 e. The highest BCUT2D eigenvalue weighted by molar-refractivity contribution is 5.75. The number of carbonyl (C=O) groups excluding carboxylic acids is 1. The lowest BCUT2D eigenvalue weighted by molar-refractivity contribution is 0.170. The van der Waals surface area contributed by atoms with Crippen molar-refractivity contribution in [1.82, 2.24) is 10.2 Å². The summed E-state index contributed by atoms with van der Waals surface area (Å²) in [5.41, 5.74) is 1.84. The topological polar surface area (TPSA) is 50.8 Å². The molecule has 5 nitrogen and oxygen atoms in total. The van der Waals surface area contributed by atoms with Crippen LogP contribution in [0.2, 0.25) is 0 Å². The number of fused-ring (bicyclic) bond motifs is 1. The SMILES string of the molecule is CC(C)[C@H](NC(=O)N(C)[C@H](C)c1ccc(F)cc1)c1ccc2c(c1)OCCO2. The Morgan fingerprint density at radius 3 is 2.25 bits per heavy atom. The Labute approximate surface area is 165 Å². The summed E-state index contributed by atoms with van der Waals surface area (Å²) in [6, 6.07) is 11.4. The molecule has 1 aliphatic rings. The Morgan fingerprint density at radius 1 is 1.00 bits per heavy atom. The molecule has 2 aromatic rings. The summed E-state index contributed by atoms with van der Waals surface area (Å²) in [7, 11) is 1.74. The van der Waals surface area contributed by atoms with Crippen molar-refractivity contribution in [3.05, 3.63) is 59.4 Å². The summed E-state index contributed by atoms with van der Waals surface area (Å²) < 4.78 is 24.4. The van der Waals surface area contributed by atoms with E-state index in [1.165, 1.54) is 12.1 Å². The third-order valence-electron chi connectivity index (χ3n) is 5.12. The van der Waals surface area contributed by atoms with Gasteiger partial charge in [-0.15, -0.1) is 0 Å². The maximum atomic E-state index is 13.2. The van der Waals surface area contributed by atoms with E-state index in [1.807, 2.05) is 25.1 Å². The Hall–Kier alpha value is -2.76. The highest BCUT2D eigenvalue weighted by atomic mass is 19.1. The van der Waals surface area contributed by atoms with Gasteiger partial charge in [0.15, 0.2) is 11.5 Å². The van der Waals surface area contributed by atoms with E-state index in [0.717, 1.165) is 16.9 Å². The number of amides is 2. The number of halogens is 1. The molecule has 0 aliphatic carbocycles. The molecule has 2 aromatic carbocycles. The second kappa shape index (κ2) is 8.50. The zero-order valence-electron chi connectivity index (χ0n) is 16.7. The average Bonchev–Trinajstić information content (AvgIpc) is 2.70. The molecule has 0 unspecified atom stereocenters. The molecule has 0 saturated heterocycles. The maximum Gasteiger partial charge on any atom is 0.318 e. The molecule has 0 bridgehead atoms. The van der Waals surface area contributed by atoms with Crippen LogP contribution in [0.1, 0.15) is 44.0 Å². The van der Waals surface area contributed by atoms with Gasteiger partial charge in [0.1, 0.15) is 19.0 Å². The molecule has 1 aliphatic heterocycles. The van der Waals surface area contributed by atoms with E-state index in [0.29, 0.717) is 19.0 Å². The number of nitrogens with zero attached hydrogens (tertiary/aromatic N) is 1. The fourth-order valence-electron chi connectivity index (χ4n) is 3.26. The number of benzene rings is 2.